The van der Waals surface area contributed by atoms with E-state index < -0.39 is 0 Å². The number of carbonyl (C=O) groups excluding carboxylic acids is 1. The summed E-state index contributed by atoms with van der Waals surface area (Å²) >= 11 is 7.23. The Morgan fingerprint density at radius 2 is 1.93 bits per heavy atom. The van der Waals surface area contributed by atoms with E-state index in [0.29, 0.717) is 5.75 Å². The number of hydrogen-bond donors (Lipinski definition) is 2. The molecule has 148 valence electrons. The molecule has 1 atom stereocenters. The number of halogens is 2. The van der Waals surface area contributed by atoms with E-state index in [1.165, 1.54) is 27.8 Å². The number of nitrogens with one attached hydrogen (secondary N) is 1. The van der Waals surface area contributed by atoms with Crippen molar-refractivity contribution in [3.63, 3.8) is 0 Å². The lowest BCUT2D eigenvalue weighted by atomic mass is 9.78. The van der Waals surface area contributed by atoms with Crippen molar-refractivity contribution in [3.8, 4) is 5.75 Å². The monoisotopic (exact) mass is 506 g/mol. The number of hydrogen-bond acceptors (Lipinski definition) is 3. The lowest BCUT2D eigenvalue weighted by molar-refractivity contribution is -0.129. The number of allylic oxidation sites excluding steroid dienone is 2. The molecule has 4 rings (SSSR count). The van der Waals surface area contributed by atoms with Crippen molar-refractivity contribution in [1.29, 1.82) is 0 Å². The Morgan fingerprint density at radius 3 is 2.64 bits per heavy atom. The summed E-state index contributed by atoms with van der Waals surface area (Å²) in [7, 11) is 0. The maximum atomic E-state index is 11.8. The van der Waals surface area contributed by atoms with E-state index in [4.69, 9.17) is 0 Å². The molecule has 3 aliphatic rings. The zero-order valence-electron chi connectivity index (χ0n) is 15.9. The fourth-order valence-corrected chi connectivity index (χ4v) is 5.51. The first kappa shape index (κ1) is 19.8. The minimum atomic E-state index is 0.135. The number of carbonyl (C=O) groups is 1. The molecule has 0 spiro atoms. The van der Waals surface area contributed by atoms with Crippen molar-refractivity contribution in [2.45, 2.75) is 45.1 Å². The van der Waals surface area contributed by atoms with Crippen LogP contribution in [0.25, 0.3) is 5.57 Å². The molecular weight excluding hydrogens is 484 g/mol. The van der Waals surface area contributed by atoms with Crippen molar-refractivity contribution in [2.24, 2.45) is 0 Å². The van der Waals surface area contributed by atoms with Gasteiger partial charge in [-0.1, -0.05) is 11.6 Å². The standard InChI is InChI=1S/C22H24Br2N2O2/c1-13(27)26-9-7-14(8-10-26)20-17-5-6-19(28)21(24)18(17)4-2-3-15-11-16(23)12-25-22(15)20/h5-6,11-12,22,25,28H,2-4,7-10H2,1H3. The van der Waals surface area contributed by atoms with Crippen LogP contribution in [0.2, 0.25) is 0 Å². The molecule has 2 N–H and O–H groups in total. The minimum absolute atomic E-state index is 0.135. The third kappa shape index (κ3) is 3.69. The van der Waals surface area contributed by atoms with E-state index in [2.05, 4.69) is 49.3 Å². The molecule has 0 radical (unpaired) electrons. The second kappa shape index (κ2) is 8.07. The highest BCUT2D eigenvalue weighted by atomic mass is 79.9. The summed E-state index contributed by atoms with van der Waals surface area (Å²) in [4.78, 5) is 13.7. The molecule has 1 amide bonds. The van der Waals surface area contributed by atoms with Crippen LogP contribution in [-0.2, 0) is 11.2 Å². The van der Waals surface area contributed by atoms with E-state index in [9.17, 15) is 9.90 Å². The average Bonchev–Trinajstić information content (AvgIpc) is 2.67. The fraction of sp³-hybridized carbons (Fsp3) is 0.409. The molecule has 0 saturated carbocycles. The zero-order valence-corrected chi connectivity index (χ0v) is 19.1. The number of piperidine rings is 1. The number of likely N-dealkylation sites (tertiary alicyclic amines) is 1. The molecule has 2 aliphatic heterocycles. The van der Waals surface area contributed by atoms with Crippen LogP contribution < -0.4 is 5.32 Å². The van der Waals surface area contributed by atoms with Gasteiger partial charge in [0.15, 0.2) is 0 Å². The van der Waals surface area contributed by atoms with Crippen LogP contribution in [0.4, 0.5) is 0 Å². The number of fused-ring (bicyclic) bond motifs is 2. The number of amides is 1. The van der Waals surface area contributed by atoms with Crippen LogP contribution in [0.5, 0.6) is 5.75 Å². The van der Waals surface area contributed by atoms with E-state index >= 15 is 0 Å². The first-order chi connectivity index (χ1) is 13.5. The molecule has 4 nitrogen and oxygen atoms in total. The maximum Gasteiger partial charge on any atom is 0.219 e. The van der Waals surface area contributed by atoms with E-state index in [1.807, 2.05) is 11.1 Å². The number of phenolic OH excluding ortho intramolecular Hbond substituents is 1. The molecule has 1 saturated heterocycles. The lowest BCUT2D eigenvalue weighted by Crippen LogP contribution is -2.37. The Morgan fingerprint density at radius 1 is 1.18 bits per heavy atom. The van der Waals surface area contributed by atoms with Crippen LogP contribution in [-0.4, -0.2) is 35.0 Å². The van der Waals surface area contributed by atoms with Crippen LogP contribution in [0, 0.1) is 0 Å². The number of rotatable bonds is 0. The van der Waals surface area contributed by atoms with Gasteiger partial charge in [0.05, 0.1) is 10.5 Å². The quantitative estimate of drug-likeness (QED) is 0.518. The van der Waals surface area contributed by atoms with E-state index in [-0.39, 0.29) is 11.9 Å². The van der Waals surface area contributed by atoms with E-state index in [0.717, 1.165) is 54.1 Å². The number of aromatic hydroxyl groups is 1. The third-order valence-electron chi connectivity index (χ3n) is 5.97. The number of dihydropyridines is 1. The fourth-order valence-electron chi connectivity index (χ4n) is 4.54. The third-order valence-corrected chi connectivity index (χ3v) is 7.31. The predicted molar refractivity (Wildman–Crippen MR) is 119 cm³/mol. The largest absolute Gasteiger partial charge is 0.507 e. The smallest absolute Gasteiger partial charge is 0.219 e. The second-order valence-electron chi connectivity index (χ2n) is 7.65. The van der Waals surface area contributed by atoms with Crippen molar-refractivity contribution in [2.75, 3.05) is 13.1 Å². The van der Waals surface area contributed by atoms with Gasteiger partial charge in [-0.25, -0.2) is 0 Å². The normalized spacial score (nSPS) is 22.2. The summed E-state index contributed by atoms with van der Waals surface area (Å²) in [5.41, 5.74) is 6.52. The topological polar surface area (TPSA) is 52.6 Å². The van der Waals surface area contributed by atoms with Gasteiger partial charge in [0.1, 0.15) is 5.75 Å². The highest BCUT2D eigenvalue weighted by Crippen LogP contribution is 2.43. The van der Waals surface area contributed by atoms with Gasteiger partial charge in [-0.2, -0.15) is 0 Å². The molecule has 1 aromatic rings. The Balaban J connectivity index is 1.85. The summed E-state index contributed by atoms with van der Waals surface area (Å²) in [5.74, 6) is 0.447. The van der Waals surface area contributed by atoms with Crippen molar-refractivity contribution in [1.82, 2.24) is 10.2 Å². The molecule has 1 aliphatic carbocycles. The molecule has 28 heavy (non-hydrogen) atoms. The Hall–Kier alpha value is -1.53. The molecule has 0 aromatic heterocycles. The second-order valence-corrected chi connectivity index (χ2v) is 9.36. The Kier molecular flexibility index (Phi) is 5.70. The molecule has 6 heteroatoms. The first-order valence-electron chi connectivity index (χ1n) is 9.76. The zero-order chi connectivity index (χ0) is 19.8. The lowest BCUT2D eigenvalue weighted by Gasteiger charge is -2.36. The summed E-state index contributed by atoms with van der Waals surface area (Å²) in [6.45, 7) is 3.19. The van der Waals surface area contributed by atoms with Crippen molar-refractivity contribution >= 4 is 43.3 Å². The molecule has 1 fully saturated rings. The Labute approximate surface area is 182 Å². The van der Waals surface area contributed by atoms with Crippen LogP contribution in [0.1, 0.15) is 43.7 Å². The van der Waals surface area contributed by atoms with Gasteiger partial charge < -0.3 is 15.3 Å². The van der Waals surface area contributed by atoms with Gasteiger partial charge in [-0.05, 0) is 98.4 Å². The molecular formula is C22H24Br2N2O2. The van der Waals surface area contributed by atoms with Gasteiger partial charge in [0.2, 0.25) is 5.91 Å². The molecule has 0 bridgehead atoms. The van der Waals surface area contributed by atoms with Crippen LogP contribution in [0.15, 0.2) is 44.5 Å². The summed E-state index contributed by atoms with van der Waals surface area (Å²) in [6.07, 6.45) is 9.03. The highest BCUT2D eigenvalue weighted by Gasteiger charge is 2.31. The van der Waals surface area contributed by atoms with Crippen LogP contribution in [0.3, 0.4) is 0 Å². The van der Waals surface area contributed by atoms with Gasteiger partial charge in [-0.15, -0.1) is 0 Å². The van der Waals surface area contributed by atoms with Gasteiger partial charge >= 0.3 is 0 Å². The maximum absolute atomic E-state index is 11.8. The first-order valence-corrected chi connectivity index (χ1v) is 11.3. The van der Waals surface area contributed by atoms with Gasteiger partial charge in [0.25, 0.3) is 0 Å². The van der Waals surface area contributed by atoms with Crippen molar-refractivity contribution in [3.05, 3.63) is 55.6 Å². The SMILES string of the molecule is CC(=O)N1CCC(=C2c3ccc(O)c(Br)c3CCCC3=CC(Br)=CNC32)CC1. The van der Waals surface area contributed by atoms with Gasteiger partial charge in [-0.3, -0.25) is 4.79 Å². The predicted octanol–water partition coefficient (Wildman–Crippen LogP) is 5.02. The molecule has 1 unspecified atom stereocenters. The average molecular weight is 508 g/mol. The minimum Gasteiger partial charge on any atom is -0.507 e. The summed E-state index contributed by atoms with van der Waals surface area (Å²) < 4.78 is 1.88. The number of nitrogens with zero attached hydrogens (tertiary/aromatic N) is 1. The van der Waals surface area contributed by atoms with Crippen LogP contribution >= 0.6 is 31.9 Å². The molecule has 1 aromatic carbocycles. The highest BCUT2D eigenvalue weighted by molar-refractivity contribution is 9.12. The van der Waals surface area contributed by atoms with E-state index in [1.54, 1.807) is 13.0 Å². The van der Waals surface area contributed by atoms with Crippen molar-refractivity contribution < 1.29 is 9.90 Å². The summed E-state index contributed by atoms with van der Waals surface area (Å²) in [5, 5.41) is 13.8. The number of benzene rings is 1. The summed E-state index contributed by atoms with van der Waals surface area (Å²) in [6, 6.07) is 3.98. The number of phenols is 1. The van der Waals surface area contributed by atoms with Gasteiger partial charge in [0, 0.05) is 30.7 Å². The molecule has 2 heterocycles. The Bertz CT molecular complexity index is 907.